The van der Waals surface area contributed by atoms with Gasteiger partial charge in [-0.2, -0.15) is 0 Å². The Bertz CT molecular complexity index is 3230. The molecule has 8 aromatic carbocycles. The van der Waals surface area contributed by atoms with Crippen molar-refractivity contribution in [1.82, 2.24) is 15.0 Å². The van der Waals surface area contributed by atoms with Gasteiger partial charge in [-0.3, -0.25) is 4.98 Å². The highest BCUT2D eigenvalue weighted by Gasteiger charge is 2.20. The van der Waals surface area contributed by atoms with Crippen molar-refractivity contribution < 1.29 is 0 Å². The Balaban J connectivity index is 1.02. The summed E-state index contributed by atoms with van der Waals surface area (Å²) in [7, 11) is 0. The molecular weight excluding hydrogens is 679 g/mol. The summed E-state index contributed by atoms with van der Waals surface area (Å²) in [4.78, 5) is 15.3. The molecule has 2 heterocycles. The van der Waals surface area contributed by atoms with Crippen molar-refractivity contribution in [3.63, 3.8) is 0 Å². The van der Waals surface area contributed by atoms with Crippen molar-refractivity contribution in [2.24, 2.45) is 0 Å². The number of nitrogens with zero attached hydrogens (tertiary/aromatic N) is 3. The molecule has 0 aliphatic heterocycles. The SMILES string of the molecule is C1=CC(c2cc3ccccc3c3ccccc23)CC=C1c1cc(-c2cc3ccccc3c3ccccc23)nc(-c2ccc(-c3cnc4ccccc4c3)cc2)n1. The van der Waals surface area contributed by atoms with Gasteiger partial charge in [0.05, 0.1) is 16.9 Å². The summed E-state index contributed by atoms with van der Waals surface area (Å²) in [5, 5.41) is 11.2. The highest BCUT2D eigenvalue weighted by atomic mass is 14.9. The zero-order chi connectivity index (χ0) is 37.0. The molecule has 1 unspecified atom stereocenters. The van der Waals surface area contributed by atoms with Crippen LogP contribution in [-0.2, 0) is 0 Å². The van der Waals surface area contributed by atoms with Crippen LogP contribution in [0.25, 0.3) is 93.3 Å². The van der Waals surface area contributed by atoms with Gasteiger partial charge in [-0.15, -0.1) is 0 Å². The lowest BCUT2D eigenvalue weighted by Gasteiger charge is -2.20. The number of benzene rings is 8. The summed E-state index contributed by atoms with van der Waals surface area (Å²) in [5.74, 6) is 0.963. The molecule has 3 heteroatoms. The van der Waals surface area contributed by atoms with Crippen molar-refractivity contribution >= 4 is 59.6 Å². The van der Waals surface area contributed by atoms with Gasteiger partial charge < -0.3 is 0 Å². The molecule has 56 heavy (non-hydrogen) atoms. The summed E-state index contributed by atoms with van der Waals surface area (Å²) in [6.45, 7) is 0. The van der Waals surface area contributed by atoms with Crippen molar-refractivity contribution in [3.8, 4) is 33.8 Å². The first-order valence-electron chi connectivity index (χ1n) is 19.3. The van der Waals surface area contributed by atoms with Crippen LogP contribution in [0.2, 0.25) is 0 Å². The second-order valence-electron chi connectivity index (χ2n) is 14.7. The van der Waals surface area contributed by atoms with E-state index in [1.165, 1.54) is 48.7 Å². The van der Waals surface area contributed by atoms with E-state index in [1.54, 1.807) is 0 Å². The van der Waals surface area contributed by atoms with Gasteiger partial charge in [-0.1, -0.05) is 158 Å². The molecule has 1 aliphatic carbocycles. The number of pyridine rings is 1. The maximum Gasteiger partial charge on any atom is 0.160 e. The fourth-order valence-corrected chi connectivity index (χ4v) is 8.60. The average Bonchev–Trinajstić information content (AvgIpc) is 3.28. The molecule has 262 valence electrons. The van der Waals surface area contributed by atoms with Crippen LogP contribution in [0.1, 0.15) is 23.6 Å². The lowest BCUT2D eigenvalue weighted by atomic mass is 9.84. The van der Waals surface area contributed by atoms with Gasteiger partial charge in [0.2, 0.25) is 0 Å². The topological polar surface area (TPSA) is 38.7 Å². The molecule has 0 bridgehead atoms. The minimum atomic E-state index is 0.260. The third-order valence-corrected chi connectivity index (χ3v) is 11.4. The van der Waals surface area contributed by atoms with Crippen LogP contribution in [0.4, 0.5) is 0 Å². The van der Waals surface area contributed by atoms with Crippen molar-refractivity contribution in [2.45, 2.75) is 12.3 Å². The van der Waals surface area contributed by atoms with Crippen molar-refractivity contribution in [1.29, 1.82) is 0 Å². The molecular formula is C53H35N3. The third kappa shape index (κ3) is 5.56. The fraction of sp³-hybridized carbons (Fsp3) is 0.0377. The predicted octanol–water partition coefficient (Wildman–Crippen LogP) is 13.8. The van der Waals surface area contributed by atoms with E-state index in [9.17, 15) is 0 Å². The first-order chi connectivity index (χ1) is 27.7. The number of hydrogen-bond acceptors (Lipinski definition) is 3. The molecule has 1 atom stereocenters. The number of fused-ring (bicyclic) bond motifs is 7. The highest BCUT2D eigenvalue weighted by Crippen LogP contribution is 2.40. The van der Waals surface area contributed by atoms with Gasteiger partial charge in [0.15, 0.2) is 5.82 Å². The molecule has 10 aromatic rings. The van der Waals surface area contributed by atoms with Crippen molar-refractivity contribution in [3.05, 3.63) is 206 Å². The number of aromatic nitrogens is 3. The Labute approximate surface area is 325 Å². The van der Waals surface area contributed by atoms with E-state index in [-0.39, 0.29) is 5.92 Å². The van der Waals surface area contributed by atoms with Crippen LogP contribution in [0.5, 0.6) is 0 Å². The molecule has 2 aromatic heterocycles. The minimum Gasteiger partial charge on any atom is -0.256 e. The smallest absolute Gasteiger partial charge is 0.160 e. The van der Waals surface area contributed by atoms with E-state index in [1.807, 2.05) is 18.3 Å². The number of hydrogen-bond donors (Lipinski definition) is 0. The molecule has 0 saturated heterocycles. The van der Waals surface area contributed by atoms with Crippen LogP contribution in [-0.4, -0.2) is 15.0 Å². The summed E-state index contributed by atoms with van der Waals surface area (Å²) >= 11 is 0. The lowest BCUT2D eigenvalue weighted by Crippen LogP contribution is -2.03. The molecule has 11 rings (SSSR count). The Morgan fingerprint density at radius 2 is 1.04 bits per heavy atom. The van der Waals surface area contributed by atoms with Gasteiger partial charge in [0.1, 0.15) is 0 Å². The molecule has 0 N–H and O–H groups in total. The second kappa shape index (κ2) is 13.3. The molecule has 0 spiro atoms. The van der Waals surface area contributed by atoms with Gasteiger partial charge in [0, 0.05) is 34.2 Å². The van der Waals surface area contributed by atoms with E-state index in [4.69, 9.17) is 15.0 Å². The second-order valence-corrected chi connectivity index (χ2v) is 14.7. The predicted molar refractivity (Wildman–Crippen MR) is 235 cm³/mol. The molecule has 3 nitrogen and oxygen atoms in total. The first kappa shape index (κ1) is 32.2. The minimum absolute atomic E-state index is 0.260. The zero-order valence-electron chi connectivity index (χ0n) is 30.6. The van der Waals surface area contributed by atoms with Crippen LogP contribution >= 0.6 is 0 Å². The van der Waals surface area contributed by atoms with Gasteiger partial charge in [0.25, 0.3) is 0 Å². The summed E-state index contributed by atoms with van der Waals surface area (Å²) in [6, 6.07) is 60.7. The maximum absolute atomic E-state index is 5.32. The van der Waals surface area contributed by atoms with Crippen LogP contribution in [0.3, 0.4) is 0 Å². The highest BCUT2D eigenvalue weighted by molar-refractivity contribution is 6.13. The monoisotopic (exact) mass is 713 g/mol. The normalized spacial score (nSPS) is 14.2. The van der Waals surface area contributed by atoms with Crippen LogP contribution in [0, 0.1) is 0 Å². The largest absolute Gasteiger partial charge is 0.256 e. The lowest BCUT2D eigenvalue weighted by molar-refractivity contribution is 0.865. The summed E-state index contributed by atoms with van der Waals surface area (Å²) < 4.78 is 0. The summed E-state index contributed by atoms with van der Waals surface area (Å²) in [5.41, 5.74) is 9.55. The van der Waals surface area contributed by atoms with E-state index in [0.29, 0.717) is 5.82 Å². The van der Waals surface area contributed by atoms with E-state index in [0.717, 1.165) is 56.5 Å². The van der Waals surface area contributed by atoms with Crippen LogP contribution < -0.4 is 0 Å². The zero-order valence-corrected chi connectivity index (χ0v) is 30.6. The average molecular weight is 714 g/mol. The number of rotatable bonds is 5. The molecule has 0 amide bonds. The van der Waals surface area contributed by atoms with E-state index in [2.05, 4.69) is 176 Å². The third-order valence-electron chi connectivity index (χ3n) is 11.4. The van der Waals surface area contributed by atoms with E-state index >= 15 is 0 Å². The Morgan fingerprint density at radius 3 is 1.77 bits per heavy atom. The standard InChI is InChI=1S/C53H35N3/c1-4-14-42-38(11-1)30-48(46-18-8-6-16-44(42)46)35-23-25-36(26-24-35)51-32-52(49-31-39-12-2-5-15-43(39)45-17-7-9-19-47(45)49)56-53(55-51)37-27-21-34(22-28-37)41-29-40-13-3-10-20-50(40)54-33-41/h1-23,25-33,35H,24H2. The first-order valence-corrected chi connectivity index (χ1v) is 19.3. The summed E-state index contributed by atoms with van der Waals surface area (Å²) in [6.07, 6.45) is 9.83. The van der Waals surface area contributed by atoms with Gasteiger partial charge >= 0.3 is 0 Å². The number of para-hydroxylation sites is 1. The fourth-order valence-electron chi connectivity index (χ4n) is 8.60. The quantitative estimate of drug-likeness (QED) is 0.167. The molecule has 0 fully saturated rings. The van der Waals surface area contributed by atoms with Crippen molar-refractivity contribution in [2.75, 3.05) is 0 Å². The Morgan fingerprint density at radius 1 is 0.446 bits per heavy atom. The van der Waals surface area contributed by atoms with E-state index < -0.39 is 0 Å². The van der Waals surface area contributed by atoms with Gasteiger partial charge in [-0.05, 0) is 96.5 Å². The molecule has 0 saturated carbocycles. The molecule has 0 radical (unpaired) electrons. The van der Waals surface area contributed by atoms with Crippen LogP contribution in [0.15, 0.2) is 194 Å². The van der Waals surface area contributed by atoms with Gasteiger partial charge in [-0.25, -0.2) is 9.97 Å². The molecule has 1 aliphatic rings. The Kier molecular flexibility index (Phi) is 7.63. The maximum atomic E-state index is 5.32. The number of allylic oxidation sites excluding steroid dienone is 4. The Hall–Kier alpha value is -7.23.